The monoisotopic (exact) mass is 203 g/mol. The highest BCUT2D eigenvalue weighted by Gasteiger charge is 2.35. The van der Waals surface area contributed by atoms with Crippen LogP contribution in [0.25, 0.3) is 0 Å². The van der Waals surface area contributed by atoms with Crippen molar-refractivity contribution >= 4 is 5.91 Å². The van der Waals surface area contributed by atoms with Crippen LogP contribution in [0.2, 0.25) is 0 Å². The van der Waals surface area contributed by atoms with Crippen molar-refractivity contribution in [3.05, 3.63) is 35.4 Å². The molecule has 1 atom stereocenters. The molecule has 78 valence electrons. The van der Waals surface area contributed by atoms with E-state index < -0.39 is 0 Å². The standard InChI is InChI=1S/C12H14N2O/c15-12-8-13-7-11-10-4-2-1-3-9(10)5-6-14(11)12/h1-4,11,13H,5-8H2/p+1/t11-/m0/s1. The van der Waals surface area contributed by atoms with Crippen LogP contribution in [0.1, 0.15) is 17.2 Å². The molecule has 2 aliphatic heterocycles. The number of benzene rings is 1. The number of hydrogen-bond donors (Lipinski definition) is 1. The van der Waals surface area contributed by atoms with Gasteiger partial charge < -0.3 is 10.2 Å². The topological polar surface area (TPSA) is 36.9 Å². The molecule has 0 aliphatic carbocycles. The molecule has 0 unspecified atom stereocenters. The molecule has 0 bridgehead atoms. The second-order valence-corrected chi connectivity index (χ2v) is 4.28. The summed E-state index contributed by atoms with van der Waals surface area (Å²) in [4.78, 5) is 13.8. The molecule has 3 heteroatoms. The van der Waals surface area contributed by atoms with E-state index in [9.17, 15) is 4.79 Å². The Balaban J connectivity index is 2.02. The van der Waals surface area contributed by atoms with E-state index in [1.807, 2.05) is 4.90 Å². The molecule has 3 rings (SSSR count). The predicted molar refractivity (Wildman–Crippen MR) is 56.3 cm³/mol. The Bertz CT molecular complexity index is 402. The predicted octanol–water partition coefficient (Wildman–Crippen LogP) is -0.311. The van der Waals surface area contributed by atoms with Crippen molar-refractivity contribution in [2.45, 2.75) is 12.5 Å². The Morgan fingerprint density at radius 1 is 1.33 bits per heavy atom. The average molecular weight is 203 g/mol. The summed E-state index contributed by atoms with van der Waals surface area (Å²) in [5.41, 5.74) is 2.77. The number of carbonyl (C=O) groups excluding carboxylic acids is 1. The van der Waals surface area contributed by atoms with E-state index in [0.29, 0.717) is 18.5 Å². The number of nitrogens with zero attached hydrogens (tertiary/aromatic N) is 1. The quantitative estimate of drug-likeness (QED) is 0.617. The highest BCUT2D eigenvalue weighted by Crippen LogP contribution is 2.29. The number of carbonyl (C=O) groups is 1. The Morgan fingerprint density at radius 3 is 3.13 bits per heavy atom. The van der Waals surface area contributed by atoms with Crippen LogP contribution in [0.15, 0.2) is 24.3 Å². The summed E-state index contributed by atoms with van der Waals surface area (Å²) in [6, 6.07) is 8.82. The number of amides is 1. The van der Waals surface area contributed by atoms with Crippen molar-refractivity contribution in [2.75, 3.05) is 19.6 Å². The second-order valence-electron chi connectivity index (χ2n) is 4.28. The van der Waals surface area contributed by atoms with Gasteiger partial charge in [-0.3, -0.25) is 4.79 Å². The average Bonchev–Trinajstić information content (AvgIpc) is 2.29. The lowest BCUT2D eigenvalue weighted by Crippen LogP contribution is -2.91. The maximum absolute atomic E-state index is 11.7. The van der Waals surface area contributed by atoms with Crippen LogP contribution in [0.3, 0.4) is 0 Å². The van der Waals surface area contributed by atoms with Gasteiger partial charge in [-0.25, -0.2) is 0 Å². The molecule has 1 amide bonds. The summed E-state index contributed by atoms with van der Waals surface area (Å²) in [7, 11) is 0. The van der Waals surface area contributed by atoms with Crippen LogP contribution in [0.5, 0.6) is 0 Å². The van der Waals surface area contributed by atoms with Crippen LogP contribution in [-0.4, -0.2) is 30.4 Å². The van der Waals surface area contributed by atoms with Crippen LogP contribution in [-0.2, 0) is 11.2 Å². The van der Waals surface area contributed by atoms with Gasteiger partial charge in [0.2, 0.25) is 0 Å². The normalized spacial score (nSPS) is 24.7. The van der Waals surface area contributed by atoms with Crippen LogP contribution >= 0.6 is 0 Å². The third-order valence-electron chi connectivity index (χ3n) is 3.44. The van der Waals surface area contributed by atoms with E-state index in [2.05, 4.69) is 29.6 Å². The van der Waals surface area contributed by atoms with Gasteiger partial charge in [0.05, 0.1) is 0 Å². The number of fused-ring (bicyclic) bond motifs is 3. The molecule has 0 spiro atoms. The molecule has 1 fully saturated rings. The molecule has 0 aromatic heterocycles. The molecule has 1 aromatic rings. The van der Waals surface area contributed by atoms with Gasteiger partial charge in [0.1, 0.15) is 12.6 Å². The number of hydrogen-bond acceptors (Lipinski definition) is 1. The van der Waals surface area contributed by atoms with Gasteiger partial charge in [0, 0.05) is 6.54 Å². The number of piperazine rings is 1. The van der Waals surface area contributed by atoms with E-state index in [0.717, 1.165) is 19.5 Å². The Hall–Kier alpha value is -1.35. The zero-order valence-corrected chi connectivity index (χ0v) is 8.65. The minimum absolute atomic E-state index is 0.292. The first-order chi connectivity index (χ1) is 7.36. The molecule has 15 heavy (non-hydrogen) atoms. The first-order valence-corrected chi connectivity index (χ1v) is 5.55. The van der Waals surface area contributed by atoms with Gasteiger partial charge in [-0.1, -0.05) is 24.3 Å². The number of nitrogens with two attached hydrogens (primary N) is 1. The van der Waals surface area contributed by atoms with Crippen molar-refractivity contribution in [1.29, 1.82) is 0 Å². The molecule has 0 radical (unpaired) electrons. The number of rotatable bonds is 0. The van der Waals surface area contributed by atoms with Crippen molar-refractivity contribution in [1.82, 2.24) is 4.90 Å². The fraction of sp³-hybridized carbons (Fsp3) is 0.417. The molecule has 1 aromatic carbocycles. The lowest BCUT2D eigenvalue weighted by atomic mass is 9.91. The first-order valence-electron chi connectivity index (χ1n) is 5.55. The molecule has 2 N–H and O–H groups in total. The van der Waals surface area contributed by atoms with Crippen molar-refractivity contribution in [3.8, 4) is 0 Å². The van der Waals surface area contributed by atoms with Crippen molar-refractivity contribution in [2.24, 2.45) is 0 Å². The van der Waals surface area contributed by atoms with Gasteiger partial charge in [-0.2, -0.15) is 0 Å². The fourth-order valence-corrected chi connectivity index (χ4v) is 2.69. The zero-order chi connectivity index (χ0) is 10.3. The van der Waals surface area contributed by atoms with Crippen LogP contribution in [0.4, 0.5) is 0 Å². The molecule has 0 saturated carbocycles. The second kappa shape index (κ2) is 3.35. The van der Waals surface area contributed by atoms with E-state index in [1.165, 1.54) is 11.1 Å². The van der Waals surface area contributed by atoms with Gasteiger partial charge >= 0.3 is 0 Å². The van der Waals surface area contributed by atoms with Crippen LogP contribution < -0.4 is 5.32 Å². The summed E-state index contributed by atoms with van der Waals surface area (Å²) in [6.07, 6.45) is 1.01. The van der Waals surface area contributed by atoms with E-state index in [4.69, 9.17) is 0 Å². The summed E-state index contributed by atoms with van der Waals surface area (Å²) in [6.45, 7) is 2.54. The molecule has 2 heterocycles. The van der Waals surface area contributed by atoms with Gasteiger partial charge in [-0.05, 0) is 17.5 Å². The first kappa shape index (κ1) is 8.92. The molecule has 2 aliphatic rings. The minimum Gasteiger partial charge on any atom is -0.336 e. The van der Waals surface area contributed by atoms with Gasteiger partial charge in [0.25, 0.3) is 5.91 Å². The van der Waals surface area contributed by atoms with E-state index >= 15 is 0 Å². The number of quaternary nitrogens is 1. The smallest absolute Gasteiger partial charge is 0.278 e. The Kier molecular flexibility index (Phi) is 1.99. The molecule has 3 nitrogen and oxygen atoms in total. The Labute approximate surface area is 89.1 Å². The Morgan fingerprint density at radius 2 is 2.20 bits per heavy atom. The minimum atomic E-state index is 0.292. The van der Waals surface area contributed by atoms with E-state index in [1.54, 1.807) is 0 Å². The molecule has 1 saturated heterocycles. The lowest BCUT2D eigenvalue weighted by molar-refractivity contribution is -0.656. The third kappa shape index (κ3) is 1.35. The third-order valence-corrected chi connectivity index (χ3v) is 3.44. The maximum atomic E-state index is 11.7. The van der Waals surface area contributed by atoms with E-state index in [-0.39, 0.29) is 0 Å². The molecular formula is C12H15N2O+. The summed E-state index contributed by atoms with van der Waals surface area (Å²) >= 11 is 0. The van der Waals surface area contributed by atoms with Gasteiger partial charge in [-0.15, -0.1) is 0 Å². The maximum Gasteiger partial charge on any atom is 0.278 e. The zero-order valence-electron chi connectivity index (χ0n) is 8.65. The summed E-state index contributed by atoms with van der Waals surface area (Å²) in [5.74, 6) is 0.292. The van der Waals surface area contributed by atoms with Crippen LogP contribution in [0, 0.1) is 0 Å². The SMILES string of the molecule is O=C1C[NH2+]C[C@H]2c3ccccc3CCN12. The van der Waals surface area contributed by atoms with Gasteiger partial charge in [0.15, 0.2) is 6.54 Å². The summed E-state index contributed by atoms with van der Waals surface area (Å²) in [5, 5.41) is 2.12. The fourth-order valence-electron chi connectivity index (χ4n) is 2.69. The largest absolute Gasteiger partial charge is 0.336 e. The van der Waals surface area contributed by atoms with Crippen molar-refractivity contribution in [3.63, 3.8) is 0 Å². The highest BCUT2D eigenvalue weighted by molar-refractivity contribution is 5.78. The van der Waals surface area contributed by atoms with Crippen molar-refractivity contribution < 1.29 is 10.1 Å². The highest BCUT2D eigenvalue weighted by atomic mass is 16.2. The lowest BCUT2D eigenvalue weighted by Gasteiger charge is -2.38. The summed E-state index contributed by atoms with van der Waals surface area (Å²) < 4.78 is 0. The molecular weight excluding hydrogens is 188 g/mol.